The number of carbonyl (C=O) groups excluding carboxylic acids is 2. The van der Waals surface area contributed by atoms with E-state index in [-0.39, 0.29) is 17.5 Å². The number of carbonyl (C=O) groups is 2. The van der Waals surface area contributed by atoms with Crippen molar-refractivity contribution in [2.45, 2.75) is 5.92 Å². The van der Waals surface area contributed by atoms with Crippen molar-refractivity contribution in [3.8, 4) is 0 Å². The van der Waals surface area contributed by atoms with E-state index in [0.29, 0.717) is 0 Å². The van der Waals surface area contributed by atoms with Crippen LogP contribution < -0.4 is 0 Å². The Morgan fingerprint density at radius 3 is 1.56 bits per heavy atom. The Hall–Kier alpha value is -2.22. The summed E-state index contributed by atoms with van der Waals surface area (Å²) in [4.78, 5) is 24.7. The molecule has 0 amide bonds. The van der Waals surface area contributed by atoms with Gasteiger partial charge in [0, 0.05) is 17.0 Å². The number of ketones is 2. The molecule has 0 fully saturated rings. The van der Waals surface area contributed by atoms with Crippen LogP contribution in [-0.2, 0) is 0 Å². The topological polar surface area (TPSA) is 34.1 Å². The van der Waals surface area contributed by atoms with Gasteiger partial charge in [0.1, 0.15) is 0 Å². The summed E-state index contributed by atoms with van der Waals surface area (Å²) >= 11 is 0. The zero-order valence-corrected chi connectivity index (χ0v) is 9.59. The normalized spacial score (nSPS) is 23.8. The molecule has 0 N–H and O–H groups in total. The van der Waals surface area contributed by atoms with Gasteiger partial charge in [0.15, 0.2) is 11.6 Å². The highest BCUT2D eigenvalue weighted by atomic mass is 16.2. The lowest BCUT2D eigenvalue weighted by Crippen LogP contribution is -2.17. The Kier molecular flexibility index (Phi) is 1.72. The second-order valence-corrected chi connectivity index (χ2v) is 4.86. The van der Waals surface area contributed by atoms with Crippen LogP contribution in [-0.4, -0.2) is 11.6 Å². The number of Topliss-reactive ketones (excluding diaryl/α,β-unsaturated/α-hetero) is 2. The summed E-state index contributed by atoms with van der Waals surface area (Å²) in [6.45, 7) is 0. The maximum absolute atomic E-state index is 12.3. The molecule has 0 radical (unpaired) electrons. The molecule has 86 valence electrons. The summed E-state index contributed by atoms with van der Waals surface area (Å²) in [6, 6.07) is 15.2. The van der Waals surface area contributed by atoms with E-state index in [1.54, 1.807) is 0 Å². The predicted octanol–water partition coefficient (Wildman–Crippen LogP) is 2.83. The largest absolute Gasteiger partial charge is 0.293 e. The Labute approximate surface area is 104 Å². The van der Waals surface area contributed by atoms with Crippen molar-refractivity contribution < 1.29 is 9.59 Å². The van der Waals surface area contributed by atoms with Crippen LogP contribution >= 0.6 is 0 Å². The highest BCUT2D eigenvalue weighted by molar-refractivity contribution is 6.23. The van der Waals surface area contributed by atoms with Crippen LogP contribution in [0.4, 0.5) is 0 Å². The minimum atomic E-state index is -0.514. The number of benzene rings is 2. The lowest BCUT2D eigenvalue weighted by Gasteiger charge is -2.09. The fourth-order valence-electron chi connectivity index (χ4n) is 3.27. The van der Waals surface area contributed by atoms with Crippen molar-refractivity contribution in [3.63, 3.8) is 0 Å². The smallest absolute Gasteiger partial charge is 0.174 e. The van der Waals surface area contributed by atoms with Gasteiger partial charge in [-0.05, 0) is 11.1 Å². The van der Waals surface area contributed by atoms with Crippen LogP contribution in [0, 0.1) is 5.92 Å². The summed E-state index contributed by atoms with van der Waals surface area (Å²) in [5.74, 6) is -0.606. The summed E-state index contributed by atoms with van der Waals surface area (Å²) in [6.07, 6.45) is 0. The van der Waals surface area contributed by atoms with Crippen LogP contribution in [0.5, 0.6) is 0 Å². The van der Waals surface area contributed by atoms with Crippen molar-refractivity contribution in [2.24, 2.45) is 5.92 Å². The van der Waals surface area contributed by atoms with Crippen LogP contribution in [0.15, 0.2) is 48.5 Å². The van der Waals surface area contributed by atoms with E-state index in [9.17, 15) is 9.59 Å². The van der Waals surface area contributed by atoms with Crippen molar-refractivity contribution in [2.75, 3.05) is 0 Å². The van der Waals surface area contributed by atoms with E-state index >= 15 is 0 Å². The van der Waals surface area contributed by atoms with Gasteiger partial charge in [0.2, 0.25) is 0 Å². The molecule has 2 aromatic carbocycles. The first-order valence-corrected chi connectivity index (χ1v) is 6.05. The maximum Gasteiger partial charge on any atom is 0.174 e. The van der Waals surface area contributed by atoms with E-state index < -0.39 is 5.92 Å². The van der Waals surface area contributed by atoms with E-state index in [1.165, 1.54) is 0 Å². The number of hydrogen-bond donors (Lipinski definition) is 0. The molecule has 2 aliphatic carbocycles. The van der Waals surface area contributed by atoms with E-state index in [1.807, 2.05) is 48.5 Å². The SMILES string of the molecule is O=C1c2ccccc2C2c3ccccc3C(=O)C12. The van der Waals surface area contributed by atoms with Gasteiger partial charge in [-0.2, -0.15) is 0 Å². The Morgan fingerprint density at radius 2 is 1.06 bits per heavy atom. The number of hydrogen-bond acceptors (Lipinski definition) is 2. The van der Waals surface area contributed by atoms with Crippen molar-refractivity contribution in [1.29, 1.82) is 0 Å². The van der Waals surface area contributed by atoms with E-state index in [0.717, 1.165) is 22.3 Å². The minimum Gasteiger partial charge on any atom is -0.293 e. The predicted molar refractivity (Wildman–Crippen MR) is 66.9 cm³/mol. The molecule has 0 bridgehead atoms. The summed E-state index contributed by atoms with van der Waals surface area (Å²) in [5.41, 5.74) is 3.45. The van der Waals surface area contributed by atoms with Gasteiger partial charge >= 0.3 is 0 Å². The molecule has 0 spiro atoms. The minimum absolute atomic E-state index is 0.0169. The summed E-state index contributed by atoms with van der Waals surface area (Å²) < 4.78 is 0. The maximum atomic E-state index is 12.3. The molecule has 0 unspecified atom stereocenters. The second kappa shape index (κ2) is 3.16. The fraction of sp³-hybridized carbons (Fsp3) is 0.125. The molecular weight excluding hydrogens is 224 g/mol. The van der Waals surface area contributed by atoms with Gasteiger partial charge in [0.05, 0.1) is 5.92 Å². The van der Waals surface area contributed by atoms with Crippen LogP contribution in [0.2, 0.25) is 0 Å². The van der Waals surface area contributed by atoms with Gasteiger partial charge in [-0.3, -0.25) is 9.59 Å². The van der Waals surface area contributed by atoms with Crippen molar-refractivity contribution in [3.05, 3.63) is 70.8 Å². The van der Waals surface area contributed by atoms with Crippen LogP contribution in [0.3, 0.4) is 0 Å². The third-order valence-electron chi connectivity index (χ3n) is 4.02. The standard InChI is InChI=1S/C16H10O2/c17-15-11-7-3-1-5-9(11)13-10-6-2-4-8-12(10)16(18)14(13)15/h1-8,13-14H. The zero-order valence-electron chi connectivity index (χ0n) is 9.59. The van der Waals surface area contributed by atoms with Crippen molar-refractivity contribution >= 4 is 11.6 Å². The molecule has 2 nitrogen and oxygen atoms in total. The molecule has 0 aliphatic heterocycles. The molecule has 2 aliphatic rings. The summed E-state index contributed by atoms with van der Waals surface area (Å²) in [7, 11) is 0. The third kappa shape index (κ3) is 0.986. The van der Waals surface area contributed by atoms with Gasteiger partial charge in [0.25, 0.3) is 0 Å². The van der Waals surface area contributed by atoms with Crippen LogP contribution in [0.25, 0.3) is 0 Å². The van der Waals surface area contributed by atoms with Crippen molar-refractivity contribution in [1.82, 2.24) is 0 Å². The quantitative estimate of drug-likeness (QED) is 0.657. The van der Waals surface area contributed by atoms with Gasteiger partial charge < -0.3 is 0 Å². The number of rotatable bonds is 0. The first-order valence-electron chi connectivity index (χ1n) is 6.05. The molecule has 0 atom stereocenters. The van der Waals surface area contributed by atoms with Gasteiger partial charge in [-0.25, -0.2) is 0 Å². The summed E-state index contributed by atoms with van der Waals surface area (Å²) in [5, 5.41) is 0. The number of fused-ring (bicyclic) bond motifs is 5. The van der Waals surface area contributed by atoms with Gasteiger partial charge in [-0.15, -0.1) is 0 Å². The molecule has 2 heteroatoms. The lowest BCUT2D eigenvalue weighted by molar-refractivity contribution is 0.0828. The first kappa shape index (κ1) is 9.77. The monoisotopic (exact) mass is 234 g/mol. The highest BCUT2D eigenvalue weighted by Gasteiger charge is 2.50. The van der Waals surface area contributed by atoms with Crippen LogP contribution in [0.1, 0.15) is 37.8 Å². The molecule has 4 rings (SSSR count). The second-order valence-electron chi connectivity index (χ2n) is 4.86. The average molecular weight is 234 g/mol. The third-order valence-corrected chi connectivity index (χ3v) is 4.02. The lowest BCUT2D eigenvalue weighted by atomic mass is 9.92. The Morgan fingerprint density at radius 1 is 0.611 bits per heavy atom. The molecule has 0 aromatic heterocycles. The molecular formula is C16H10O2. The molecule has 0 saturated carbocycles. The van der Waals surface area contributed by atoms with E-state index in [4.69, 9.17) is 0 Å². The molecule has 0 heterocycles. The first-order chi connectivity index (χ1) is 8.79. The molecule has 0 saturated heterocycles. The van der Waals surface area contributed by atoms with Gasteiger partial charge in [-0.1, -0.05) is 48.5 Å². The highest BCUT2D eigenvalue weighted by Crippen LogP contribution is 2.49. The molecule has 2 aromatic rings. The zero-order chi connectivity index (χ0) is 12.3. The molecule has 18 heavy (non-hydrogen) atoms. The average Bonchev–Trinajstić information content (AvgIpc) is 2.87. The Balaban J connectivity index is 2.04. The fourth-order valence-corrected chi connectivity index (χ4v) is 3.27. The van der Waals surface area contributed by atoms with E-state index in [2.05, 4.69) is 0 Å². The Bertz CT molecular complexity index is 640.